The molecule has 0 unspecified atom stereocenters. The van der Waals surface area contributed by atoms with Gasteiger partial charge in [0, 0.05) is 6.42 Å². The Morgan fingerprint density at radius 2 is 2.19 bits per heavy atom. The normalized spacial score (nSPS) is 15.8. The number of hydrogen-bond donors (Lipinski definition) is 0. The first-order chi connectivity index (χ1) is 7.75. The smallest absolute Gasteiger partial charge is 0.162 e. The molecule has 0 spiro atoms. The van der Waals surface area contributed by atoms with Gasteiger partial charge in [0.25, 0.3) is 0 Å². The van der Waals surface area contributed by atoms with E-state index in [1.54, 1.807) is 18.2 Å². The monoisotopic (exact) mass is 224 g/mol. The number of ether oxygens (including phenoxy) is 2. The van der Waals surface area contributed by atoms with Crippen LogP contribution in [0.2, 0.25) is 0 Å². The molecule has 16 heavy (non-hydrogen) atoms. The van der Waals surface area contributed by atoms with Gasteiger partial charge in [-0.1, -0.05) is 18.2 Å². The zero-order valence-electron chi connectivity index (χ0n) is 8.82. The number of hydrogen-bond acceptors (Lipinski definition) is 3. The maximum Gasteiger partial charge on any atom is 0.162 e. The Kier molecular flexibility index (Phi) is 3.64. The SMILES string of the molecule is O=C(COC1COC1)Cc1ccccc1F. The van der Waals surface area contributed by atoms with Gasteiger partial charge in [-0.2, -0.15) is 0 Å². The van der Waals surface area contributed by atoms with E-state index in [0.29, 0.717) is 18.8 Å². The van der Waals surface area contributed by atoms with Crippen LogP contribution in [0.4, 0.5) is 4.39 Å². The zero-order valence-corrected chi connectivity index (χ0v) is 8.82. The lowest BCUT2D eigenvalue weighted by Crippen LogP contribution is -2.37. The molecule has 2 rings (SSSR count). The van der Waals surface area contributed by atoms with Crippen molar-refractivity contribution in [3.05, 3.63) is 35.6 Å². The zero-order chi connectivity index (χ0) is 11.4. The molecular formula is C12H13FO3. The summed E-state index contributed by atoms with van der Waals surface area (Å²) in [5.41, 5.74) is 0.418. The summed E-state index contributed by atoms with van der Waals surface area (Å²) in [7, 11) is 0. The lowest BCUT2D eigenvalue weighted by molar-refractivity contribution is -0.146. The van der Waals surface area contributed by atoms with E-state index in [9.17, 15) is 9.18 Å². The lowest BCUT2D eigenvalue weighted by Gasteiger charge is -2.25. The molecule has 0 bridgehead atoms. The average Bonchev–Trinajstić information content (AvgIpc) is 2.19. The molecule has 1 heterocycles. The molecule has 1 saturated heterocycles. The third-order valence-corrected chi connectivity index (χ3v) is 2.43. The van der Waals surface area contributed by atoms with Gasteiger partial charge in [-0.05, 0) is 11.6 Å². The highest BCUT2D eigenvalue weighted by Crippen LogP contribution is 2.09. The molecular weight excluding hydrogens is 211 g/mol. The van der Waals surface area contributed by atoms with Crippen LogP contribution in [0.3, 0.4) is 0 Å². The van der Waals surface area contributed by atoms with Crippen molar-refractivity contribution in [2.24, 2.45) is 0 Å². The standard InChI is InChI=1S/C12H13FO3/c13-12-4-2-1-3-9(12)5-10(14)6-16-11-7-15-8-11/h1-4,11H,5-8H2. The van der Waals surface area contributed by atoms with Gasteiger partial charge in [-0.25, -0.2) is 4.39 Å². The van der Waals surface area contributed by atoms with E-state index in [1.807, 2.05) is 0 Å². The van der Waals surface area contributed by atoms with E-state index in [1.165, 1.54) is 6.07 Å². The Bertz CT molecular complexity index is 374. The molecule has 86 valence electrons. The van der Waals surface area contributed by atoms with Crippen molar-refractivity contribution in [1.29, 1.82) is 0 Å². The Morgan fingerprint density at radius 1 is 1.44 bits per heavy atom. The van der Waals surface area contributed by atoms with Gasteiger partial charge in [-0.3, -0.25) is 4.79 Å². The molecule has 4 heteroatoms. The molecule has 0 aromatic heterocycles. The number of ketones is 1. The summed E-state index contributed by atoms with van der Waals surface area (Å²) in [6.45, 7) is 1.13. The largest absolute Gasteiger partial charge is 0.376 e. The molecule has 1 fully saturated rings. The van der Waals surface area contributed by atoms with Crippen LogP contribution in [-0.2, 0) is 20.7 Å². The number of halogens is 1. The third kappa shape index (κ3) is 2.87. The fraction of sp³-hybridized carbons (Fsp3) is 0.417. The number of rotatable bonds is 5. The minimum Gasteiger partial charge on any atom is -0.376 e. The van der Waals surface area contributed by atoms with Crippen LogP contribution in [0, 0.1) is 5.82 Å². The van der Waals surface area contributed by atoms with E-state index in [2.05, 4.69) is 0 Å². The Balaban J connectivity index is 1.80. The van der Waals surface area contributed by atoms with E-state index in [4.69, 9.17) is 9.47 Å². The molecule has 1 aliphatic heterocycles. The summed E-state index contributed by atoms with van der Waals surface area (Å²) in [6.07, 6.45) is 0.116. The van der Waals surface area contributed by atoms with Crippen LogP contribution < -0.4 is 0 Å². The predicted molar refractivity (Wildman–Crippen MR) is 55.7 cm³/mol. The summed E-state index contributed by atoms with van der Waals surface area (Å²) in [5.74, 6) is -0.458. The Labute approximate surface area is 93.2 Å². The second kappa shape index (κ2) is 5.18. The molecule has 0 amide bonds. The first-order valence-corrected chi connectivity index (χ1v) is 5.20. The number of carbonyl (C=O) groups excluding carboxylic acids is 1. The highest BCUT2D eigenvalue weighted by atomic mass is 19.1. The second-order valence-electron chi connectivity index (χ2n) is 3.78. The lowest BCUT2D eigenvalue weighted by atomic mass is 10.1. The van der Waals surface area contributed by atoms with Crippen molar-refractivity contribution < 1.29 is 18.7 Å². The highest BCUT2D eigenvalue weighted by molar-refractivity contribution is 5.82. The van der Waals surface area contributed by atoms with Crippen molar-refractivity contribution in [3.8, 4) is 0 Å². The number of benzene rings is 1. The van der Waals surface area contributed by atoms with E-state index in [0.717, 1.165) is 0 Å². The van der Waals surface area contributed by atoms with Crippen LogP contribution in [0.25, 0.3) is 0 Å². The Morgan fingerprint density at radius 3 is 2.81 bits per heavy atom. The molecule has 1 aromatic rings. The van der Waals surface area contributed by atoms with Gasteiger partial charge >= 0.3 is 0 Å². The minimum atomic E-state index is -0.345. The van der Waals surface area contributed by atoms with Crippen molar-refractivity contribution in [1.82, 2.24) is 0 Å². The van der Waals surface area contributed by atoms with Gasteiger partial charge in [0.2, 0.25) is 0 Å². The second-order valence-corrected chi connectivity index (χ2v) is 3.78. The van der Waals surface area contributed by atoms with E-state index >= 15 is 0 Å². The molecule has 0 atom stereocenters. The summed E-state index contributed by atoms with van der Waals surface area (Å²) in [5, 5.41) is 0. The first kappa shape index (κ1) is 11.2. The van der Waals surface area contributed by atoms with Crippen LogP contribution in [-0.4, -0.2) is 31.7 Å². The van der Waals surface area contributed by atoms with Crippen LogP contribution in [0.15, 0.2) is 24.3 Å². The van der Waals surface area contributed by atoms with Crippen LogP contribution in [0.5, 0.6) is 0 Å². The fourth-order valence-electron chi connectivity index (χ4n) is 1.43. The number of carbonyl (C=O) groups is 1. The van der Waals surface area contributed by atoms with Crippen molar-refractivity contribution in [2.75, 3.05) is 19.8 Å². The van der Waals surface area contributed by atoms with Gasteiger partial charge < -0.3 is 9.47 Å². The third-order valence-electron chi connectivity index (χ3n) is 2.43. The van der Waals surface area contributed by atoms with E-state index < -0.39 is 0 Å². The van der Waals surface area contributed by atoms with Gasteiger partial charge in [0.1, 0.15) is 18.5 Å². The van der Waals surface area contributed by atoms with Gasteiger partial charge in [0.05, 0.1) is 13.2 Å². The summed E-state index contributed by atoms with van der Waals surface area (Å²) >= 11 is 0. The van der Waals surface area contributed by atoms with Crippen LogP contribution in [0.1, 0.15) is 5.56 Å². The molecule has 1 aromatic carbocycles. The van der Waals surface area contributed by atoms with E-state index in [-0.39, 0.29) is 30.7 Å². The average molecular weight is 224 g/mol. The highest BCUT2D eigenvalue weighted by Gasteiger charge is 2.20. The summed E-state index contributed by atoms with van der Waals surface area (Å²) in [6, 6.07) is 6.28. The molecule has 0 radical (unpaired) electrons. The maximum absolute atomic E-state index is 13.2. The predicted octanol–water partition coefficient (Wildman–Crippen LogP) is 1.35. The fourth-order valence-corrected chi connectivity index (χ4v) is 1.43. The molecule has 0 aliphatic carbocycles. The first-order valence-electron chi connectivity index (χ1n) is 5.20. The molecule has 1 aliphatic rings. The molecule has 0 saturated carbocycles. The Hall–Kier alpha value is -1.26. The number of Topliss-reactive ketones (excluding diaryl/α,β-unsaturated/α-hetero) is 1. The minimum absolute atomic E-state index is 0.0301. The molecule has 3 nitrogen and oxygen atoms in total. The van der Waals surface area contributed by atoms with Crippen molar-refractivity contribution in [3.63, 3.8) is 0 Å². The maximum atomic E-state index is 13.2. The summed E-state index contributed by atoms with van der Waals surface area (Å²) in [4.78, 5) is 11.5. The topological polar surface area (TPSA) is 35.5 Å². The van der Waals surface area contributed by atoms with Crippen molar-refractivity contribution >= 4 is 5.78 Å². The quantitative estimate of drug-likeness (QED) is 0.757. The van der Waals surface area contributed by atoms with Gasteiger partial charge in [-0.15, -0.1) is 0 Å². The molecule has 0 N–H and O–H groups in total. The van der Waals surface area contributed by atoms with Crippen molar-refractivity contribution in [2.45, 2.75) is 12.5 Å². The van der Waals surface area contributed by atoms with Gasteiger partial charge in [0.15, 0.2) is 5.78 Å². The summed E-state index contributed by atoms with van der Waals surface area (Å²) < 4.78 is 23.4. The van der Waals surface area contributed by atoms with Crippen LogP contribution >= 0.6 is 0 Å².